The van der Waals surface area contributed by atoms with Crippen LogP contribution in [-0.2, 0) is 4.79 Å². The molecule has 3 aliphatic rings. The summed E-state index contributed by atoms with van der Waals surface area (Å²) in [6.45, 7) is 0.348. The number of fused-ring (bicyclic) bond motifs is 8. The Morgan fingerprint density at radius 2 is 1.72 bits per heavy atom. The van der Waals surface area contributed by atoms with Crippen LogP contribution in [0.3, 0.4) is 0 Å². The molecule has 0 aromatic heterocycles. The molecular formula is C22H17NO6. The highest BCUT2D eigenvalue weighted by Gasteiger charge is 2.37. The van der Waals surface area contributed by atoms with Gasteiger partial charge >= 0.3 is 5.97 Å². The molecule has 6 rings (SSSR count). The Bertz CT molecular complexity index is 1200. The van der Waals surface area contributed by atoms with Crippen LogP contribution in [0.15, 0.2) is 36.4 Å². The van der Waals surface area contributed by atoms with Gasteiger partial charge in [-0.2, -0.15) is 0 Å². The van der Waals surface area contributed by atoms with Gasteiger partial charge in [0.15, 0.2) is 23.0 Å². The molecule has 3 heterocycles. The third-order valence-corrected chi connectivity index (χ3v) is 5.87. The zero-order valence-electron chi connectivity index (χ0n) is 15.6. The number of nitrogens with zero attached hydrogens (tertiary/aromatic N) is 1. The number of carboxylic acids is 1. The first-order valence-electron chi connectivity index (χ1n) is 9.35. The van der Waals surface area contributed by atoms with Crippen molar-refractivity contribution in [2.24, 2.45) is 0 Å². The molecule has 7 nitrogen and oxygen atoms in total. The molecule has 3 aromatic carbocycles. The quantitative estimate of drug-likeness (QED) is 0.709. The summed E-state index contributed by atoms with van der Waals surface area (Å²) in [5.74, 6) is 1.84. The molecule has 0 bridgehead atoms. The molecule has 1 N–H and O–H groups in total. The SMILES string of the molecule is CN1c2c(ccc3cc4c(cc23)OCO4)-c2ccc3c(c2C1CC(=O)O)OCO3. The monoisotopic (exact) mass is 391 g/mol. The van der Waals surface area contributed by atoms with E-state index in [4.69, 9.17) is 18.9 Å². The summed E-state index contributed by atoms with van der Waals surface area (Å²) in [6.07, 6.45) is -0.0519. The number of hydrogen-bond acceptors (Lipinski definition) is 6. The maximum absolute atomic E-state index is 11.7. The van der Waals surface area contributed by atoms with E-state index in [9.17, 15) is 9.90 Å². The number of hydrogen-bond donors (Lipinski definition) is 1. The van der Waals surface area contributed by atoms with Gasteiger partial charge in [0.25, 0.3) is 0 Å². The maximum Gasteiger partial charge on any atom is 0.305 e. The minimum atomic E-state index is -0.870. The van der Waals surface area contributed by atoms with Crippen LogP contribution in [0, 0.1) is 0 Å². The van der Waals surface area contributed by atoms with E-state index in [1.807, 2.05) is 36.2 Å². The standard InChI is InChI=1S/C22H17NO6/c1-23-15(8-19(24)25)20-12(4-5-16-22(20)29-10-26-16)13-3-2-11-6-17-18(28-9-27-17)7-14(11)21(13)23/h2-7,15H,8-10H2,1H3,(H,24,25). The molecule has 3 aliphatic heterocycles. The number of ether oxygens (including phenoxy) is 4. The molecule has 3 aromatic rings. The third kappa shape index (κ3) is 2.21. The van der Waals surface area contributed by atoms with Crippen molar-refractivity contribution in [3.05, 3.63) is 42.0 Å². The first-order valence-corrected chi connectivity index (χ1v) is 9.35. The lowest BCUT2D eigenvalue weighted by Gasteiger charge is -2.38. The summed E-state index contributed by atoms with van der Waals surface area (Å²) in [4.78, 5) is 13.7. The summed E-state index contributed by atoms with van der Waals surface area (Å²) in [7, 11) is 1.93. The van der Waals surface area contributed by atoms with Gasteiger partial charge in [0, 0.05) is 23.6 Å². The molecule has 1 atom stereocenters. The average Bonchev–Trinajstić information content (AvgIpc) is 3.36. The first-order chi connectivity index (χ1) is 14.1. The second-order valence-electron chi connectivity index (χ2n) is 7.37. The highest BCUT2D eigenvalue weighted by molar-refractivity contribution is 6.06. The van der Waals surface area contributed by atoms with Crippen molar-refractivity contribution in [1.82, 2.24) is 0 Å². The topological polar surface area (TPSA) is 77.5 Å². The van der Waals surface area contributed by atoms with Crippen molar-refractivity contribution in [3.63, 3.8) is 0 Å². The second kappa shape index (κ2) is 5.70. The molecule has 0 fully saturated rings. The fraction of sp³-hybridized carbons (Fsp3) is 0.227. The Kier molecular flexibility index (Phi) is 3.21. The lowest BCUT2D eigenvalue weighted by atomic mass is 9.84. The first kappa shape index (κ1) is 16.4. The van der Waals surface area contributed by atoms with Crippen LogP contribution in [0.5, 0.6) is 23.0 Å². The predicted molar refractivity (Wildman–Crippen MR) is 105 cm³/mol. The van der Waals surface area contributed by atoms with E-state index in [-0.39, 0.29) is 26.0 Å². The van der Waals surface area contributed by atoms with Gasteiger partial charge in [-0.15, -0.1) is 0 Å². The molecule has 0 aliphatic carbocycles. The van der Waals surface area contributed by atoms with Crippen LogP contribution < -0.4 is 23.8 Å². The second-order valence-corrected chi connectivity index (χ2v) is 7.37. The largest absolute Gasteiger partial charge is 0.481 e. The molecule has 0 saturated heterocycles. The van der Waals surface area contributed by atoms with Gasteiger partial charge in [-0.1, -0.05) is 12.1 Å². The van der Waals surface area contributed by atoms with Gasteiger partial charge in [0.1, 0.15) is 0 Å². The number of rotatable bonds is 2. The Morgan fingerprint density at radius 3 is 2.55 bits per heavy atom. The van der Waals surface area contributed by atoms with E-state index in [1.54, 1.807) is 0 Å². The summed E-state index contributed by atoms with van der Waals surface area (Å²) >= 11 is 0. The Balaban J connectivity index is 1.66. The minimum Gasteiger partial charge on any atom is -0.481 e. The van der Waals surface area contributed by atoms with Crippen LogP contribution in [0.25, 0.3) is 21.9 Å². The van der Waals surface area contributed by atoms with Crippen molar-refractivity contribution >= 4 is 22.4 Å². The van der Waals surface area contributed by atoms with Crippen molar-refractivity contribution in [1.29, 1.82) is 0 Å². The molecule has 7 heteroatoms. The zero-order chi connectivity index (χ0) is 19.7. The van der Waals surface area contributed by atoms with Gasteiger partial charge in [-0.05, 0) is 35.2 Å². The molecule has 0 spiro atoms. The lowest BCUT2D eigenvalue weighted by Crippen LogP contribution is -2.30. The van der Waals surface area contributed by atoms with Crippen molar-refractivity contribution in [2.75, 3.05) is 25.5 Å². The summed E-state index contributed by atoms with van der Waals surface area (Å²) < 4.78 is 22.4. The van der Waals surface area contributed by atoms with Crippen LogP contribution in [-0.4, -0.2) is 31.7 Å². The maximum atomic E-state index is 11.7. The molecule has 146 valence electrons. The smallest absolute Gasteiger partial charge is 0.305 e. The molecule has 0 radical (unpaired) electrons. The van der Waals surface area contributed by atoms with E-state index >= 15 is 0 Å². The zero-order valence-corrected chi connectivity index (χ0v) is 15.6. The number of carbonyl (C=O) groups is 1. The summed E-state index contributed by atoms with van der Waals surface area (Å²) in [5.41, 5.74) is 3.82. The van der Waals surface area contributed by atoms with Gasteiger partial charge in [-0.3, -0.25) is 4.79 Å². The van der Waals surface area contributed by atoms with Crippen LogP contribution in [0.1, 0.15) is 18.0 Å². The summed E-state index contributed by atoms with van der Waals surface area (Å²) in [5, 5.41) is 11.6. The van der Waals surface area contributed by atoms with Gasteiger partial charge in [-0.25, -0.2) is 0 Å². The van der Waals surface area contributed by atoms with Crippen LogP contribution >= 0.6 is 0 Å². The van der Waals surface area contributed by atoms with E-state index in [0.717, 1.165) is 38.9 Å². The van der Waals surface area contributed by atoms with E-state index < -0.39 is 5.97 Å². The number of benzene rings is 3. The highest BCUT2D eigenvalue weighted by atomic mass is 16.7. The fourth-order valence-corrected chi connectivity index (χ4v) is 4.61. The van der Waals surface area contributed by atoms with Crippen molar-refractivity contribution in [2.45, 2.75) is 12.5 Å². The molecule has 0 amide bonds. The van der Waals surface area contributed by atoms with Crippen molar-refractivity contribution in [3.8, 4) is 34.1 Å². The lowest BCUT2D eigenvalue weighted by molar-refractivity contribution is -0.137. The van der Waals surface area contributed by atoms with E-state index in [1.165, 1.54) is 0 Å². The highest BCUT2D eigenvalue weighted by Crippen LogP contribution is 2.55. The molecule has 1 unspecified atom stereocenters. The fourth-order valence-electron chi connectivity index (χ4n) is 4.61. The molecule has 29 heavy (non-hydrogen) atoms. The number of aliphatic carboxylic acids is 1. The van der Waals surface area contributed by atoms with Gasteiger partial charge in [0.05, 0.1) is 18.2 Å². The van der Waals surface area contributed by atoms with Crippen LogP contribution in [0.2, 0.25) is 0 Å². The molecule has 0 saturated carbocycles. The van der Waals surface area contributed by atoms with E-state index in [0.29, 0.717) is 17.2 Å². The van der Waals surface area contributed by atoms with Crippen molar-refractivity contribution < 1.29 is 28.8 Å². The van der Waals surface area contributed by atoms with E-state index in [2.05, 4.69) is 12.1 Å². The molecular weight excluding hydrogens is 374 g/mol. The number of anilines is 1. The summed E-state index contributed by atoms with van der Waals surface area (Å²) in [6, 6.07) is 11.5. The Hall–Kier alpha value is -3.61. The third-order valence-electron chi connectivity index (χ3n) is 5.87. The average molecular weight is 391 g/mol. The number of carboxylic acid groups (broad SMARTS) is 1. The predicted octanol–water partition coefficient (Wildman–Crippen LogP) is 3.93. The Labute approximate surface area is 166 Å². The Morgan fingerprint density at radius 1 is 1.00 bits per heavy atom. The minimum absolute atomic E-state index is 0.0519. The normalized spacial score (nSPS) is 18.0. The van der Waals surface area contributed by atoms with Gasteiger partial charge in [0.2, 0.25) is 13.6 Å². The van der Waals surface area contributed by atoms with Gasteiger partial charge < -0.3 is 29.0 Å². The van der Waals surface area contributed by atoms with Crippen LogP contribution in [0.4, 0.5) is 5.69 Å².